The molecule has 1 aliphatic rings. The fraction of sp³-hybridized carbons (Fsp3) is 0.304. The number of amides is 1. The molecular formula is C23H25ClN2O4S. The third-order valence-corrected chi connectivity index (χ3v) is 5.58. The van der Waals surface area contributed by atoms with Crippen LogP contribution in [0.4, 0.5) is 5.69 Å². The van der Waals surface area contributed by atoms with Gasteiger partial charge in [0.25, 0.3) is 5.91 Å². The molecule has 8 heteroatoms. The zero-order chi connectivity index (χ0) is 22.4. The highest BCUT2D eigenvalue weighted by molar-refractivity contribution is 8.18. The maximum atomic E-state index is 13.1. The van der Waals surface area contributed by atoms with Crippen molar-refractivity contribution in [2.24, 2.45) is 4.99 Å². The van der Waals surface area contributed by atoms with Gasteiger partial charge in [0.1, 0.15) is 0 Å². The first-order valence-corrected chi connectivity index (χ1v) is 11.0. The van der Waals surface area contributed by atoms with Crippen LogP contribution in [0.5, 0.6) is 11.5 Å². The van der Waals surface area contributed by atoms with Gasteiger partial charge in [-0.15, -0.1) is 0 Å². The second kappa shape index (κ2) is 10.7. The summed E-state index contributed by atoms with van der Waals surface area (Å²) in [5, 5.41) is 1.03. The van der Waals surface area contributed by atoms with Gasteiger partial charge < -0.3 is 14.2 Å². The Bertz CT molecular complexity index is 993. The molecule has 1 amide bonds. The quantitative estimate of drug-likeness (QED) is 0.494. The molecule has 0 bridgehead atoms. The largest absolute Gasteiger partial charge is 0.493 e. The summed E-state index contributed by atoms with van der Waals surface area (Å²) in [5.74, 6) is 0.868. The highest BCUT2D eigenvalue weighted by Crippen LogP contribution is 2.39. The number of amidine groups is 1. The Morgan fingerprint density at radius 1 is 1.19 bits per heavy atom. The second-order valence-electron chi connectivity index (χ2n) is 6.99. The fourth-order valence-corrected chi connectivity index (χ4v) is 4.20. The minimum absolute atomic E-state index is 0.0475. The van der Waals surface area contributed by atoms with Crippen molar-refractivity contribution < 1.29 is 19.0 Å². The van der Waals surface area contributed by atoms with E-state index in [4.69, 9.17) is 25.8 Å². The number of halogens is 1. The Labute approximate surface area is 191 Å². The van der Waals surface area contributed by atoms with Crippen LogP contribution in [0.25, 0.3) is 6.08 Å². The van der Waals surface area contributed by atoms with E-state index in [-0.39, 0.29) is 12.0 Å². The predicted octanol–water partition coefficient (Wildman–Crippen LogP) is 5.39. The number of ether oxygens (including phenoxy) is 3. The van der Waals surface area contributed by atoms with Crippen LogP contribution in [0.15, 0.2) is 52.4 Å². The van der Waals surface area contributed by atoms with E-state index in [0.717, 1.165) is 11.3 Å². The normalized spacial score (nSPS) is 16.6. The molecule has 6 nitrogen and oxygen atoms in total. The Balaban J connectivity index is 1.95. The lowest BCUT2D eigenvalue weighted by Gasteiger charge is -2.16. The van der Waals surface area contributed by atoms with E-state index in [1.807, 2.05) is 44.2 Å². The third kappa shape index (κ3) is 5.81. The minimum atomic E-state index is -0.130. The third-order valence-electron chi connectivity index (χ3n) is 4.29. The first-order chi connectivity index (χ1) is 14.9. The van der Waals surface area contributed by atoms with Crippen molar-refractivity contribution in [2.45, 2.75) is 20.0 Å². The molecule has 0 N–H and O–H groups in total. The summed E-state index contributed by atoms with van der Waals surface area (Å²) in [6.07, 6.45) is 1.74. The van der Waals surface area contributed by atoms with Crippen molar-refractivity contribution in [3.63, 3.8) is 0 Å². The summed E-state index contributed by atoms with van der Waals surface area (Å²) >= 11 is 7.75. The molecule has 164 valence electrons. The van der Waals surface area contributed by atoms with Gasteiger partial charge >= 0.3 is 0 Å². The highest BCUT2D eigenvalue weighted by atomic mass is 35.5. The predicted molar refractivity (Wildman–Crippen MR) is 126 cm³/mol. The van der Waals surface area contributed by atoms with Gasteiger partial charge in [-0.1, -0.05) is 29.8 Å². The highest BCUT2D eigenvalue weighted by Gasteiger charge is 2.33. The first kappa shape index (κ1) is 23.2. The standard InChI is InChI=1S/C23H25ClN2O4S/c1-15(2)30-21-18(24)12-16(13-19(21)29-4)14-20-22(27)26(10-11-28-3)23(31-20)25-17-8-6-5-7-9-17/h5-9,12-15H,10-11H2,1-4H3. The monoisotopic (exact) mass is 460 g/mol. The summed E-state index contributed by atoms with van der Waals surface area (Å²) < 4.78 is 16.4. The number of hydrogen-bond acceptors (Lipinski definition) is 6. The van der Waals surface area contributed by atoms with Gasteiger partial charge in [0.2, 0.25) is 0 Å². The lowest BCUT2D eigenvalue weighted by Crippen LogP contribution is -2.32. The van der Waals surface area contributed by atoms with Gasteiger partial charge in [-0.05, 0) is 61.5 Å². The molecule has 1 saturated heterocycles. The van der Waals surface area contributed by atoms with Gasteiger partial charge in [-0.25, -0.2) is 4.99 Å². The minimum Gasteiger partial charge on any atom is -0.493 e. The average Bonchev–Trinajstić information content (AvgIpc) is 3.02. The second-order valence-corrected chi connectivity index (χ2v) is 8.41. The van der Waals surface area contributed by atoms with Crippen LogP contribution in [0.2, 0.25) is 5.02 Å². The number of benzene rings is 2. The maximum absolute atomic E-state index is 13.1. The molecule has 0 atom stereocenters. The van der Waals surface area contributed by atoms with Crippen molar-refractivity contribution in [2.75, 3.05) is 27.4 Å². The van der Waals surface area contributed by atoms with Crippen molar-refractivity contribution in [3.05, 3.63) is 58.0 Å². The zero-order valence-electron chi connectivity index (χ0n) is 17.9. The van der Waals surface area contributed by atoms with E-state index in [1.165, 1.54) is 11.8 Å². The lowest BCUT2D eigenvalue weighted by molar-refractivity contribution is -0.122. The Hall–Kier alpha value is -2.48. The van der Waals surface area contributed by atoms with Crippen LogP contribution in [0, 0.1) is 0 Å². The summed E-state index contributed by atoms with van der Waals surface area (Å²) in [6, 6.07) is 13.1. The van der Waals surface area contributed by atoms with Gasteiger partial charge in [-0.2, -0.15) is 0 Å². The summed E-state index contributed by atoms with van der Waals surface area (Å²) in [7, 11) is 3.16. The molecule has 1 fully saturated rings. The molecule has 0 saturated carbocycles. The molecule has 1 heterocycles. The van der Waals surface area contributed by atoms with Crippen LogP contribution in [0.3, 0.4) is 0 Å². The number of aliphatic imine (C=N–C) groups is 1. The maximum Gasteiger partial charge on any atom is 0.266 e. The molecular weight excluding hydrogens is 436 g/mol. The summed E-state index contributed by atoms with van der Waals surface area (Å²) in [5.41, 5.74) is 1.52. The number of hydrogen-bond donors (Lipinski definition) is 0. The number of rotatable bonds is 8. The number of carbonyl (C=O) groups is 1. The van der Waals surface area contributed by atoms with E-state index in [1.54, 1.807) is 37.3 Å². The number of carbonyl (C=O) groups excluding carboxylic acids is 1. The molecule has 0 radical (unpaired) electrons. The van der Waals surface area contributed by atoms with Crippen molar-refractivity contribution in [3.8, 4) is 11.5 Å². The van der Waals surface area contributed by atoms with Gasteiger partial charge in [0.05, 0.1) is 42.0 Å². The number of nitrogens with zero attached hydrogens (tertiary/aromatic N) is 2. The molecule has 0 aromatic heterocycles. The topological polar surface area (TPSA) is 60.4 Å². The van der Waals surface area contributed by atoms with Crippen LogP contribution in [-0.4, -0.2) is 49.4 Å². The average molecular weight is 461 g/mol. The summed E-state index contributed by atoms with van der Waals surface area (Å²) in [4.78, 5) is 19.9. The van der Waals surface area contributed by atoms with Crippen LogP contribution >= 0.6 is 23.4 Å². The molecule has 1 aliphatic heterocycles. The smallest absolute Gasteiger partial charge is 0.266 e. The Morgan fingerprint density at radius 2 is 1.94 bits per heavy atom. The number of para-hydroxylation sites is 1. The molecule has 2 aromatic carbocycles. The number of methoxy groups -OCH3 is 2. The van der Waals surface area contributed by atoms with E-state index in [2.05, 4.69) is 4.99 Å². The number of thioether (sulfide) groups is 1. The fourth-order valence-electron chi connectivity index (χ4n) is 2.91. The first-order valence-electron chi connectivity index (χ1n) is 9.81. The molecule has 0 unspecified atom stereocenters. The molecule has 0 spiro atoms. The molecule has 3 rings (SSSR count). The molecule has 0 aliphatic carbocycles. The van der Waals surface area contributed by atoms with Gasteiger partial charge in [0, 0.05) is 7.11 Å². The van der Waals surface area contributed by atoms with E-state index in [0.29, 0.717) is 39.7 Å². The van der Waals surface area contributed by atoms with Crippen molar-refractivity contribution in [1.82, 2.24) is 4.90 Å². The van der Waals surface area contributed by atoms with E-state index in [9.17, 15) is 4.79 Å². The lowest BCUT2D eigenvalue weighted by atomic mass is 10.1. The summed E-state index contributed by atoms with van der Waals surface area (Å²) in [6.45, 7) is 4.66. The molecule has 31 heavy (non-hydrogen) atoms. The van der Waals surface area contributed by atoms with Gasteiger partial charge in [0.15, 0.2) is 16.7 Å². The zero-order valence-corrected chi connectivity index (χ0v) is 19.5. The van der Waals surface area contributed by atoms with Crippen molar-refractivity contribution >= 4 is 46.2 Å². The van der Waals surface area contributed by atoms with Gasteiger partial charge in [-0.3, -0.25) is 9.69 Å². The van der Waals surface area contributed by atoms with Crippen LogP contribution in [0.1, 0.15) is 19.4 Å². The van der Waals surface area contributed by atoms with E-state index < -0.39 is 0 Å². The van der Waals surface area contributed by atoms with Crippen LogP contribution < -0.4 is 9.47 Å². The SMILES string of the molecule is COCCN1C(=O)C(=Cc2cc(Cl)c(OC(C)C)c(OC)c2)SC1=Nc1ccccc1. The van der Waals surface area contributed by atoms with Crippen molar-refractivity contribution in [1.29, 1.82) is 0 Å². The Morgan fingerprint density at radius 3 is 2.58 bits per heavy atom. The molecule has 2 aromatic rings. The Kier molecular flexibility index (Phi) is 8.01. The van der Waals surface area contributed by atoms with E-state index >= 15 is 0 Å². The van der Waals surface area contributed by atoms with Crippen LogP contribution in [-0.2, 0) is 9.53 Å².